The van der Waals surface area contributed by atoms with Crippen LogP contribution in [0.5, 0.6) is 5.75 Å². The van der Waals surface area contributed by atoms with Gasteiger partial charge in [0.2, 0.25) is 21.8 Å². The molecule has 0 bridgehead atoms. The standard InChI is InChI=1S/C30H32N4O2.C29H25N5O4.C27H29ClN4O2S.C25H24N4O4/c1-36-26-12-6-11-24(19-26)29-27(21-32-15-17-33(18-16-32)30(35)23-9-5-10-23)34-20-25(13-14-28(34)31-29)22-7-3-2-4-8-22;35-29(26-10-5-17-38-26)32-15-13-31(14-16-32)20-25-28(22-8-4-9-24(18-22)34(36)37)30-27-12-11-23(19-33(25)27)21-6-2-1-3-7-21;1-2-18-35(33,34)31-16-14-30(15-17-31)20-25-27(22-8-11-24(28)12-9-22)29-26-13-10-23(19-32(25)26)21-6-4-3-5-7-21;1-33-16-15-26-24(30)14-12-22-25(19-7-10-21(11-8-19)29(31)32)27-23-13-9-20(17-28(22)23)18-5-3-2-4-6-18/h2-4,6-8,11-14,19-20,23H,5,9-10,15-18,21H2,1H3;1-12,17-19H,13-16,20H2;3-13,19H,2,14-18,20H2,1H3;2-11,13,17H,12,14-16H2,1H3,(H,26,30). The molecule has 29 nitrogen and oxygen atoms in total. The Morgan fingerprint density at radius 3 is 1.25 bits per heavy atom. The number of amides is 3. The topological polar surface area (TPSA) is 304 Å². The van der Waals surface area contributed by atoms with E-state index in [0.717, 1.165) is 164 Å². The molecular weight excluding hydrogens is 1830 g/mol. The summed E-state index contributed by atoms with van der Waals surface area (Å²) < 4.78 is 50.9. The van der Waals surface area contributed by atoms with Crippen LogP contribution in [0.3, 0.4) is 0 Å². The highest BCUT2D eigenvalue weighted by molar-refractivity contribution is 7.89. The van der Waals surface area contributed by atoms with Crippen molar-refractivity contribution < 1.29 is 46.5 Å². The monoisotopic (exact) mass is 1940 g/mol. The second-order valence-electron chi connectivity index (χ2n) is 35.6. The Bertz CT molecular complexity index is 7410. The fourth-order valence-electron chi connectivity index (χ4n) is 18.6. The summed E-state index contributed by atoms with van der Waals surface area (Å²) in [6, 6.07) is 89.5. The number of halogens is 1. The molecule has 3 amide bonds. The number of nitrogens with one attached hydrogen (secondary N) is 1. The van der Waals surface area contributed by atoms with Gasteiger partial charge < -0.3 is 46.6 Å². The molecule has 1 saturated carbocycles. The van der Waals surface area contributed by atoms with Crippen molar-refractivity contribution in [1.82, 2.24) is 71.7 Å². The van der Waals surface area contributed by atoms with Crippen LogP contribution in [-0.4, -0.2) is 214 Å². The number of benzene rings is 8. The molecule has 3 saturated heterocycles. The molecule has 1 aliphatic carbocycles. The minimum Gasteiger partial charge on any atom is -0.497 e. The Balaban J connectivity index is 0.000000125. The van der Waals surface area contributed by atoms with Crippen molar-refractivity contribution in [3.8, 4) is 95.3 Å². The van der Waals surface area contributed by atoms with Gasteiger partial charge in [0.25, 0.3) is 17.3 Å². The number of aryl methyl sites for hydroxylation is 1. The van der Waals surface area contributed by atoms with Gasteiger partial charge in [-0.3, -0.25) is 49.3 Å². The van der Waals surface area contributed by atoms with E-state index in [2.05, 4.69) is 142 Å². The van der Waals surface area contributed by atoms with E-state index in [1.807, 2.05) is 157 Å². The second-order valence-corrected chi connectivity index (χ2v) is 38.2. The number of methoxy groups -OCH3 is 2. The predicted octanol–water partition coefficient (Wildman–Crippen LogP) is 19.7. The van der Waals surface area contributed by atoms with Gasteiger partial charge in [0.05, 0.1) is 81.1 Å². The predicted molar refractivity (Wildman–Crippen MR) is 552 cm³/mol. The number of imidazole rings is 4. The largest absolute Gasteiger partial charge is 0.497 e. The number of hydrogen-bond donors (Lipinski definition) is 1. The molecule has 4 aliphatic rings. The highest BCUT2D eigenvalue weighted by atomic mass is 35.5. The zero-order chi connectivity index (χ0) is 98.2. The van der Waals surface area contributed by atoms with E-state index in [1.54, 1.807) is 59.8 Å². The lowest BCUT2D eigenvalue weighted by Gasteiger charge is -2.38. The highest BCUT2D eigenvalue weighted by Gasteiger charge is 2.34. The second kappa shape index (κ2) is 45.0. The minimum absolute atomic E-state index is 0.0212. The summed E-state index contributed by atoms with van der Waals surface area (Å²) in [5.41, 5.74) is 23.2. The molecule has 724 valence electrons. The molecule has 9 aromatic heterocycles. The maximum Gasteiger partial charge on any atom is 0.289 e. The van der Waals surface area contributed by atoms with Crippen LogP contribution in [-0.2, 0) is 50.4 Å². The number of hydrogen-bond acceptors (Lipinski definition) is 19. The molecule has 142 heavy (non-hydrogen) atoms. The number of aromatic nitrogens is 8. The van der Waals surface area contributed by atoms with Crippen molar-refractivity contribution >= 4 is 73.3 Å². The number of pyridine rings is 4. The number of furan rings is 1. The SMILES string of the molecule is CCCS(=O)(=O)N1CCN(Cc2c(-c3ccc(Cl)cc3)nc3ccc(-c4ccccc4)cn23)CC1.COCCNC(=O)CCc1c(-c2ccc([N+](=O)[O-])cc2)nc2ccc(-c3ccccc3)cn12.COc1cccc(-c2nc3ccc(-c4ccccc4)cn3c2CN2CCN(C(=O)C3CCC3)CC2)c1.O=C(c1ccco1)N1CCN(Cc2c(-c3cccc([N+](=O)[O-])c3)nc3ccc(-c4ccccc4)cn23)CC1. The van der Waals surface area contributed by atoms with Gasteiger partial charge in [-0.25, -0.2) is 28.4 Å². The van der Waals surface area contributed by atoms with E-state index >= 15 is 0 Å². The number of ether oxygens (including phenoxy) is 2. The van der Waals surface area contributed by atoms with Crippen molar-refractivity contribution in [3.05, 3.63) is 364 Å². The number of nitro groups is 2. The molecule has 4 fully saturated rings. The van der Waals surface area contributed by atoms with Crippen LogP contribution in [0.25, 0.3) is 112 Å². The van der Waals surface area contributed by atoms with Gasteiger partial charge in [-0.15, -0.1) is 0 Å². The summed E-state index contributed by atoms with van der Waals surface area (Å²) in [6.45, 7) is 13.2. The van der Waals surface area contributed by atoms with Gasteiger partial charge in [-0.05, 0) is 167 Å². The quantitative estimate of drug-likeness (QED) is 0.0270. The maximum atomic E-state index is 12.7. The Kier molecular flexibility index (Phi) is 30.8. The Hall–Kier alpha value is -15.2. The van der Waals surface area contributed by atoms with E-state index in [0.29, 0.717) is 125 Å². The maximum absolute atomic E-state index is 12.7. The van der Waals surface area contributed by atoms with Crippen LogP contribution in [0.15, 0.2) is 315 Å². The molecule has 12 heterocycles. The van der Waals surface area contributed by atoms with Gasteiger partial charge in [0.15, 0.2) is 5.76 Å². The fraction of sp³-hybridized carbons (Fsp3) is 0.252. The van der Waals surface area contributed by atoms with E-state index in [9.17, 15) is 43.0 Å². The number of non-ortho nitro benzene ring substituents is 2. The van der Waals surface area contributed by atoms with Gasteiger partial charge in [-0.1, -0.05) is 183 Å². The normalized spacial score (nSPS) is 14.4. The molecule has 1 N–H and O–H groups in total. The van der Waals surface area contributed by atoms with E-state index in [-0.39, 0.29) is 46.2 Å². The molecule has 21 rings (SSSR count). The number of carbonyl (C=O) groups excluding carboxylic acids is 3. The smallest absolute Gasteiger partial charge is 0.289 e. The first-order valence-corrected chi connectivity index (χ1v) is 49.9. The lowest BCUT2D eigenvalue weighted by atomic mass is 9.84. The van der Waals surface area contributed by atoms with Crippen molar-refractivity contribution in [2.75, 3.05) is 112 Å². The number of carbonyl (C=O) groups is 3. The van der Waals surface area contributed by atoms with Crippen molar-refractivity contribution in [2.24, 2.45) is 5.92 Å². The summed E-state index contributed by atoms with van der Waals surface area (Å²) in [6.07, 6.45) is 14.7. The van der Waals surface area contributed by atoms with Crippen LogP contribution in [0, 0.1) is 26.1 Å². The third-order valence-electron chi connectivity index (χ3n) is 26.5. The third kappa shape index (κ3) is 22.8. The summed E-state index contributed by atoms with van der Waals surface area (Å²) in [4.78, 5) is 90.1. The molecular formula is C111H110ClN17O12S. The van der Waals surface area contributed by atoms with Crippen LogP contribution in [0.1, 0.15) is 72.4 Å². The van der Waals surface area contributed by atoms with Crippen molar-refractivity contribution in [3.63, 3.8) is 0 Å². The molecule has 3 aliphatic heterocycles. The lowest BCUT2D eigenvalue weighted by molar-refractivity contribution is -0.385. The van der Waals surface area contributed by atoms with Crippen LogP contribution >= 0.6 is 11.6 Å². The number of rotatable bonds is 28. The number of nitro benzene ring substituents is 2. The van der Waals surface area contributed by atoms with Gasteiger partial charge in [0, 0.05) is 200 Å². The summed E-state index contributed by atoms with van der Waals surface area (Å²) in [7, 11) is 0.115. The van der Waals surface area contributed by atoms with Gasteiger partial charge in [0.1, 0.15) is 28.3 Å². The minimum atomic E-state index is -3.17. The average Bonchev–Trinajstić information content (AvgIpc) is 1.64. The summed E-state index contributed by atoms with van der Waals surface area (Å²) >= 11 is 6.15. The average molecular weight is 1940 g/mol. The molecule has 0 spiro atoms. The van der Waals surface area contributed by atoms with Crippen LogP contribution in [0.4, 0.5) is 11.4 Å². The molecule has 17 aromatic rings. The van der Waals surface area contributed by atoms with Crippen LogP contribution in [0.2, 0.25) is 5.02 Å². The number of nitrogens with zero attached hydrogens (tertiary/aromatic N) is 16. The molecule has 0 radical (unpaired) electrons. The van der Waals surface area contributed by atoms with Gasteiger partial charge in [-0.2, -0.15) is 4.31 Å². The molecule has 0 unspecified atom stereocenters. The van der Waals surface area contributed by atoms with E-state index in [4.69, 9.17) is 45.4 Å². The third-order valence-corrected chi connectivity index (χ3v) is 28.8. The van der Waals surface area contributed by atoms with Crippen LogP contribution < -0.4 is 10.1 Å². The number of sulfonamides is 1. The Labute approximate surface area is 828 Å². The van der Waals surface area contributed by atoms with Gasteiger partial charge >= 0.3 is 0 Å². The first-order chi connectivity index (χ1) is 69.3. The molecule has 0 atom stereocenters. The van der Waals surface area contributed by atoms with E-state index < -0.39 is 14.9 Å². The zero-order valence-corrected chi connectivity index (χ0v) is 80.9. The molecule has 31 heteroatoms. The fourth-order valence-corrected chi connectivity index (χ4v) is 20.2. The Morgan fingerprint density at radius 1 is 0.437 bits per heavy atom. The molecule has 8 aromatic carbocycles. The summed E-state index contributed by atoms with van der Waals surface area (Å²) in [5, 5.41) is 26.0. The Morgan fingerprint density at radius 2 is 0.838 bits per heavy atom. The first kappa shape index (κ1) is 97.1. The highest BCUT2D eigenvalue weighted by Crippen LogP contribution is 2.38. The van der Waals surface area contributed by atoms with Crippen molar-refractivity contribution in [2.45, 2.75) is 65.1 Å². The summed E-state index contributed by atoms with van der Waals surface area (Å²) in [5.74, 6) is 1.84. The van der Waals surface area contributed by atoms with E-state index in [1.165, 1.54) is 36.4 Å². The van der Waals surface area contributed by atoms with Crippen molar-refractivity contribution in [1.29, 1.82) is 0 Å². The number of piperazine rings is 3. The lowest BCUT2D eigenvalue weighted by Crippen LogP contribution is -2.50. The first-order valence-electron chi connectivity index (χ1n) is 47.9. The number of fused-ring (bicyclic) bond motifs is 4. The zero-order valence-electron chi connectivity index (χ0n) is 79.3.